The minimum Gasteiger partial charge on any atom is -0.385 e. The number of hydrogen-bond acceptors (Lipinski definition) is 4. The van der Waals surface area contributed by atoms with Crippen molar-refractivity contribution < 1.29 is 4.74 Å². The molecule has 0 radical (unpaired) electrons. The first-order valence-corrected chi connectivity index (χ1v) is 6.32. The highest BCUT2D eigenvalue weighted by atomic mass is 79.9. The van der Waals surface area contributed by atoms with Gasteiger partial charge in [0.1, 0.15) is 4.60 Å². The van der Waals surface area contributed by atoms with E-state index in [-0.39, 0.29) is 0 Å². The van der Waals surface area contributed by atoms with Gasteiger partial charge in [-0.15, -0.1) is 0 Å². The first-order valence-electron chi connectivity index (χ1n) is 5.53. The Balaban J connectivity index is 2.00. The van der Waals surface area contributed by atoms with Crippen LogP contribution in [0.5, 0.6) is 0 Å². The molecule has 0 aromatic carbocycles. The number of hydrogen-bond donors (Lipinski definition) is 1. The summed E-state index contributed by atoms with van der Waals surface area (Å²) in [6.45, 7) is 1.67. The molecule has 6 heteroatoms. The number of halogens is 1. The molecule has 5 nitrogen and oxygen atoms in total. The van der Waals surface area contributed by atoms with Gasteiger partial charge < -0.3 is 14.5 Å². The first-order chi connectivity index (χ1) is 8.31. The lowest BCUT2D eigenvalue weighted by molar-refractivity contribution is 0.194. The van der Waals surface area contributed by atoms with Crippen molar-refractivity contribution in [2.45, 2.75) is 12.8 Å². The number of nitrogens with zero attached hydrogens (tertiary/aromatic N) is 3. The second kappa shape index (κ2) is 5.97. The van der Waals surface area contributed by atoms with Crippen molar-refractivity contribution in [1.82, 2.24) is 14.4 Å². The number of methoxy groups -OCH3 is 1. The number of imidazole rings is 1. The number of nitrogens with one attached hydrogen (secondary N) is 1. The van der Waals surface area contributed by atoms with Crippen LogP contribution in [0.15, 0.2) is 23.2 Å². The summed E-state index contributed by atoms with van der Waals surface area (Å²) in [6.07, 6.45) is 7.65. The molecule has 17 heavy (non-hydrogen) atoms. The summed E-state index contributed by atoms with van der Waals surface area (Å²) in [4.78, 5) is 8.65. The van der Waals surface area contributed by atoms with Gasteiger partial charge in [0.05, 0.1) is 0 Å². The molecule has 0 spiro atoms. The van der Waals surface area contributed by atoms with E-state index >= 15 is 0 Å². The molecule has 0 fully saturated rings. The number of unbranched alkanes of at least 4 members (excludes halogenated alkanes) is 1. The summed E-state index contributed by atoms with van der Waals surface area (Å²) in [6, 6.07) is 0. The third-order valence-electron chi connectivity index (χ3n) is 2.41. The van der Waals surface area contributed by atoms with Gasteiger partial charge in [-0.1, -0.05) is 0 Å². The van der Waals surface area contributed by atoms with E-state index in [0.29, 0.717) is 0 Å². The molecule has 2 rings (SSSR count). The number of anilines is 1. The van der Waals surface area contributed by atoms with Crippen LogP contribution in [-0.4, -0.2) is 34.6 Å². The largest absolute Gasteiger partial charge is 0.385 e. The van der Waals surface area contributed by atoms with Gasteiger partial charge in [0, 0.05) is 38.9 Å². The summed E-state index contributed by atoms with van der Waals surface area (Å²) in [5.41, 5.74) is 0.847. The van der Waals surface area contributed by atoms with Gasteiger partial charge in [0.2, 0.25) is 0 Å². The van der Waals surface area contributed by atoms with E-state index in [2.05, 4.69) is 31.2 Å². The maximum atomic E-state index is 5.00. The predicted molar refractivity (Wildman–Crippen MR) is 70.3 cm³/mol. The molecule has 0 amide bonds. The zero-order valence-electron chi connectivity index (χ0n) is 9.69. The fraction of sp³-hybridized carbons (Fsp3) is 0.455. The molecule has 1 N–H and O–H groups in total. The van der Waals surface area contributed by atoms with Crippen molar-refractivity contribution in [2.75, 3.05) is 25.6 Å². The second-order valence-corrected chi connectivity index (χ2v) is 4.51. The molecule has 0 bridgehead atoms. The van der Waals surface area contributed by atoms with Gasteiger partial charge in [0.25, 0.3) is 0 Å². The van der Waals surface area contributed by atoms with E-state index in [1.165, 1.54) is 0 Å². The van der Waals surface area contributed by atoms with Crippen LogP contribution in [-0.2, 0) is 4.74 Å². The minimum absolute atomic E-state index is 0.794. The maximum absolute atomic E-state index is 5.00. The Labute approximate surface area is 108 Å². The smallest absolute Gasteiger partial charge is 0.180 e. The van der Waals surface area contributed by atoms with Gasteiger partial charge in [-0.2, -0.15) is 0 Å². The Bertz CT molecular complexity index is 485. The Morgan fingerprint density at radius 2 is 2.35 bits per heavy atom. The van der Waals surface area contributed by atoms with Gasteiger partial charge in [-0.25, -0.2) is 9.97 Å². The number of rotatable bonds is 6. The van der Waals surface area contributed by atoms with Crippen molar-refractivity contribution >= 4 is 27.4 Å². The van der Waals surface area contributed by atoms with Crippen LogP contribution < -0.4 is 5.32 Å². The standard InChI is InChI=1S/C11H15BrN4O/c1-17-7-3-2-4-13-10-11-14-5-6-16(11)8-9(12)15-10/h5-6,8H,2-4,7H2,1H3,(H,13,15). The highest BCUT2D eigenvalue weighted by Crippen LogP contribution is 2.16. The van der Waals surface area contributed by atoms with Gasteiger partial charge >= 0.3 is 0 Å². The van der Waals surface area contributed by atoms with Crippen molar-refractivity contribution in [1.29, 1.82) is 0 Å². The van der Waals surface area contributed by atoms with Gasteiger partial charge in [-0.3, -0.25) is 0 Å². The van der Waals surface area contributed by atoms with Crippen molar-refractivity contribution in [2.24, 2.45) is 0 Å². The van der Waals surface area contributed by atoms with Gasteiger partial charge in [-0.05, 0) is 28.8 Å². The molecule has 2 aromatic heterocycles. The maximum Gasteiger partial charge on any atom is 0.180 e. The zero-order valence-corrected chi connectivity index (χ0v) is 11.3. The lowest BCUT2D eigenvalue weighted by Crippen LogP contribution is -2.06. The van der Waals surface area contributed by atoms with E-state index in [4.69, 9.17) is 4.74 Å². The Morgan fingerprint density at radius 1 is 1.47 bits per heavy atom. The van der Waals surface area contributed by atoms with Crippen molar-refractivity contribution in [3.05, 3.63) is 23.2 Å². The summed E-state index contributed by atoms with van der Waals surface area (Å²) < 4.78 is 7.74. The fourth-order valence-electron chi connectivity index (χ4n) is 1.60. The SMILES string of the molecule is COCCCCNc1nc(Br)cn2ccnc12. The quantitative estimate of drug-likeness (QED) is 0.832. The minimum atomic E-state index is 0.794. The molecule has 0 aliphatic heterocycles. The summed E-state index contributed by atoms with van der Waals surface area (Å²) >= 11 is 3.38. The van der Waals surface area contributed by atoms with Crippen LogP contribution in [0, 0.1) is 0 Å². The molecule has 0 aliphatic rings. The van der Waals surface area contributed by atoms with Crippen LogP contribution in [0.3, 0.4) is 0 Å². The molecular weight excluding hydrogens is 284 g/mol. The summed E-state index contributed by atoms with van der Waals surface area (Å²) in [5.74, 6) is 0.807. The molecule has 2 heterocycles. The Kier molecular flexibility index (Phi) is 4.33. The van der Waals surface area contributed by atoms with E-state index in [0.717, 1.165) is 42.1 Å². The molecule has 0 unspecified atom stereocenters. The third kappa shape index (κ3) is 3.17. The lowest BCUT2D eigenvalue weighted by Gasteiger charge is -2.07. The van der Waals surface area contributed by atoms with Crippen molar-refractivity contribution in [3.63, 3.8) is 0 Å². The Hall–Kier alpha value is -1.14. The average Bonchev–Trinajstić information content (AvgIpc) is 2.76. The van der Waals surface area contributed by atoms with Crippen LogP contribution in [0.1, 0.15) is 12.8 Å². The first kappa shape index (κ1) is 12.3. The molecular formula is C11H15BrN4O. The van der Waals surface area contributed by atoms with E-state index < -0.39 is 0 Å². The van der Waals surface area contributed by atoms with Gasteiger partial charge in [0.15, 0.2) is 11.5 Å². The van der Waals surface area contributed by atoms with E-state index in [1.807, 2.05) is 16.8 Å². The van der Waals surface area contributed by atoms with Crippen LogP contribution in [0.2, 0.25) is 0 Å². The zero-order chi connectivity index (χ0) is 12.1. The summed E-state index contributed by atoms with van der Waals surface area (Å²) in [7, 11) is 1.72. The third-order valence-corrected chi connectivity index (χ3v) is 2.79. The molecule has 0 aliphatic carbocycles. The monoisotopic (exact) mass is 298 g/mol. The number of ether oxygens (including phenoxy) is 1. The second-order valence-electron chi connectivity index (χ2n) is 3.70. The van der Waals surface area contributed by atoms with E-state index in [1.54, 1.807) is 13.3 Å². The molecule has 0 saturated heterocycles. The van der Waals surface area contributed by atoms with Crippen LogP contribution in [0.4, 0.5) is 5.82 Å². The van der Waals surface area contributed by atoms with Crippen LogP contribution >= 0.6 is 15.9 Å². The van der Waals surface area contributed by atoms with Crippen molar-refractivity contribution in [3.8, 4) is 0 Å². The molecule has 92 valence electrons. The summed E-state index contributed by atoms with van der Waals surface area (Å²) in [5, 5.41) is 3.29. The number of aromatic nitrogens is 3. The topological polar surface area (TPSA) is 51.5 Å². The lowest BCUT2D eigenvalue weighted by atomic mass is 10.3. The molecule has 2 aromatic rings. The highest BCUT2D eigenvalue weighted by molar-refractivity contribution is 9.10. The predicted octanol–water partition coefficient (Wildman–Crippen LogP) is 2.33. The average molecular weight is 299 g/mol. The fourth-order valence-corrected chi connectivity index (χ4v) is 2.00. The highest BCUT2D eigenvalue weighted by Gasteiger charge is 2.05. The Morgan fingerprint density at radius 3 is 3.18 bits per heavy atom. The number of fused-ring (bicyclic) bond motifs is 1. The van der Waals surface area contributed by atoms with Crippen LogP contribution in [0.25, 0.3) is 5.65 Å². The normalized spacial score (nSPS) is 10.9. The molecule has 0 atom stereocenters. The molecule has 0 saturated carbocycles. The van der Waals surface area contributed by atoms with E-state index in [9.17, 15) is 0 Å².